The molecule has 0 aromatic heterocycles. The zero-order valence-electron chi connectivity index (χ0n) is 11.3. The fourth-order valence-electron chi connectivity index (χ4n) is 1.36. The van der Waals surface area contributed by atoms with Crippen molar-refractivity contribution in [1.82, 2.24) is 0 Å². The summed E-state index contributed by atoms with van der Waals surface area (Å²) >= 11 is 0. The van der Waals surface area contributed by atoms with Gasteiger partial charge in [-0.2, -0.15) is 0 Å². The Morgan fingerprint density at radius 2 is 1.71 bits per heavy atom. The number of hydrogen-bond donors (Lipinski definition) is 2. The van der Waals surface area contributed by atoms with E-state index in [-0.39, 0.29) is 11.3 Å². The summed E-state index contributed by atoms with van der Waals surface area (Å²) < 4.78 is 8.85. The van der Waals surface area contributed by atoms with Gasteiger partial charge in [-0.1, -0.05) is 0 Å². The van der Waals surface area contributed by atoms with E-state index in [9.17, 15) is 14.4 Å². The lowest BCUT2D eigenvalue weighted by atomic mass is 10.2. The van der Waals surface area contributed by atoms with Gasteiger partial charge in [0.05, 0.1) is 25.5 Å². The fraction of sp³-hybridized carbons (Fsp3) is 0.167. The van der Waals surface area contributed by atoms with Crippen molar-refractivity contribution in [2.24, 2.45) is 10.7 Å². The topological polar surface area (TPSA) is 132 Å². The number of aliphatic imine (C=N–C) groups is 1. The highest BCUT2D eigenvalue weighted by Crippen LogP contribution is 2.16. The number of methoxy groups -OCH3 is 2. The first-order valence-corrected chi connectivity index (χ1v) is 5.54. The molecule has 9 nitrogen and oxygen atoms in total. The standard InChI is InChI=1S/C12H13N3O6/c1-20-11(18)14-10(13)15(12(19)21-2)8-5-3-7(4-6-8)9(16)17/h3-6H,1-2H3,(H,16,17)(H2,13,14,18). The van der Waals surface area contributed by atoms with Crippen molar-refractivity contribution in [2.45, 2.75) is 0 Å². The van der Waals surface area contributed by atoms with Crippen LogP contribution in [0.15, 0.2) is 29.3 Å². The maximum absolute atomic E-state index is 11.7. The second kappa shape index (κ2) is 6.89. The van der Waals surface area contributed by atoms with Gasteiger partial charge in [0.2, 0.25) is 5.96 Å². The monoisotopic (exact) mass is 295 g/mol. The van der Waals surface area contributed by atoms with Gasteiger partial charge in [-0.3, -0.25) is 0 Å². The number of carboxylic acids is 1. The molecule has 1 aromatic carbocycles. The first kappa shape index (κ1) is 16.0. The molecular formula is C12H13N3O6. The number of carbonyl (C=O) groups is 3. The van der Waals surface area contributed by atoms with Crippen molar-refractivity contribution in [3.8, 4) is 0 Å². The van der Waals surface area contributed by atoms with Crippen molar-refractivity contribution < 1.29 is 29.0 Å². The number of guanidine groups is 1. The first-order valence-electron chi connectivity index (χ1n) is 5.54. The zero-order chi connectivity index (χ0) is 16.0. The Morgan fingerprint density at radius 1 is 1.14 bits per heavy atom. The van der Waals surface area contributed by atoms with E-state index in [4.69, 9.17) is 10.8 Å². The predicted molar refractivity (Wildman–Crippen MR) is 72.3 cm³/mol. The Bertz CT molecular complexity index is 581. The Kier molecular flexibility index (Phi) is 5.24. The Balaban J connectivity index is 3.19. The molecule has 0 aliphatic carbocycles. The fourth-order valence-corrected chi connectivity index (χ4v) is 1.36. The third-order valence-electron chi connectivity index (χ3n) is 2.34. The number of ether oxygens (including phenoxy) is 2. The Labute approximate surface area is 119 Å². The summed E-state index contributed by atoms with van der Waals surface area (Å²) in [5.41, 5.74) is 5.76. The summed E-state index contributed by atoms with van der Waals surface area (Å²) in [5.74, 6) is -1.60. The molecule has 0 aliphatic rings. The highest BCUT2D eigenvalue weighted by molar-refractivity contribution is 6.15. The summed E-state index contributed by atoms with van der Waals surface area (Å²) in [7, 11) is 2.22. The molecule has 0 spiro atoms. The van der Waals surface area contributed by atoms with E-state index in [0.717, 1.165) is 19.1 Å². The number of hydrogen-bond acceptors (Lipinski definition) is 5. The molecule has 1 rings (SSSR count). The number of benzene rings is 1. The second-order valence-corrected chi connectivity index (χ2v) is 3.60. The summed E-state index contributed by atoms with van der Waals surface area (Å²) in [6.07, 6.45) is -1.90. The van der Waals surface area contributed by atoms with E-state index in [2.05, 4.69) is 14.5 Å². The average Bonchev–Trinajstić information content (AvgIpc) is 2.47. The van der Waals surface area contributed by atoms with E-state index in [0.29, 0.717) is 0 Å². The molecule has 0 heterocycles. The molecule has 0 radical (unpaired) electrons. The SMILES string of the molecule is COC(=O)N=C(N)N(C(=O)OC)c1ccc(C(=O)O)cc1. The van der Waals surface area contributed by atoms with E-state index < -0.39 is 24.1 Å². The van der Waals surface area contributed by atoms with Crippen LogP contribution >= 0.6 is 0 Å². The largest absolute Gasteiger partial charge is 0.478 e. The first-order chi connectivity index (χ1) is 9.90. The molecule has 0 saturated heterocycles. The highest BCUT2D eigenvalue weighted by atomic mass is 16.5. The lowest BCUT2D eigenvalue weighted by Gasteiger charge is -2.19. The van der Waals surface area contributed by atoms with Crippen LogP contribution < -0.4 is 10.6 Å². The number of carboxylic acid groups (broad SMARTS) is 1. The number of rotatable bonds is 2. The van der Waals surface area contributed by atoms with Crippen LogP contribution in [0.4, 0.5) is 15.3 Å². The number of anilines is 1. The molecule has 21 heavy (non-hydrogen) atoms. The second-order valence-electron chi connectivity index (χ2n) is 3.60. The van der Waals surface area contributed by atoms with Crippen molar-refractivity contribution in [2.75, 3.05) is 19.1 Å². The minimum absolute atomic E-state index is 0.0204. The normalized spacial score (nSPS) is 10.7. The molecule has 0 bridgehead atoms. The van der Waals surface area contributed by atoms with E-state index >= 15 is 0 Å². The summed E-state index contributed by atoms with van der Waals surface area (Å²) in [5, 5.41) is 8.81. The van der Waals surface area contributed by atoms with E-state index in [1.54, 1.807) is 0 Å². The molecular weight excluding hydrogens is 282 g/mol. The number of nitrogens with two attached hydrogens (primary N) is 1. The smallest absolute Gasteiger partial charge is 0.436 e. The number of amides is 2. The molecule has 0 aliphatic heterocycles. The van der Waals surface area contributed by atoms with Gasteiger partial charge >= 0.3 is 18.2 Å². The molecule has 9 heteroatoms. The van der Waals surface area contributed by atoms with E-state index in [1.807, 2.05) is 0 Å². The van der Waals surface area contributed by atoms with Gasteiger partial charge in [0.25, 0.3) is 0 Å². The molecule has 3 N–H and O–H groups in total. The molecule has 0 unspecified atom stereocenters. The lowest BCUT2D eigenvalue weighted by molar-refractivity contribution is 0.0697. The Hall–Kier alpha value is -3.10. The molecule has 112 valence electrons. The van der Waals surface area contributed by atoms with Gasteiger partial charge in [-0.25, -0.2) is 19.3 Å². The van der Waals surface area contributed by atoms with Crippen LogP contribution in [-0.2, 0) is 9.47 Å². The quantitative estimate of drug-likeness (QED) is 0.615. The third kappa shape index (κ3) is 3.93. The maximum Gasteiger partial charge on any atom is 0.436 e. The highest BCUT2D eigenvalue weighted by Gasteiger charge is 2.21. The van der Waals surface area contributed by atoms with Gasteiger partial charge in [-0.15, -0.1) is 4.99 Å². The minimum atomic E-state index is -1.12. The summed E-state index contributed by atoms with van der Waals surface area (Å²) in [6, 6.07) is 5.16. The van der Waals surface area contributed by atoms with Gasteiger partial charge in [0.15, 0.2) is 0 Å². The lowest BCUT2D eigenvalue weighted by Crippen LogP contribution is -2.42. The van der Waals surface area contributed by atoms with Gasteiger partial charge < -0.3 is 20.3 Å². The van der Waals surface area contributed by atoms with Gasteiger partial charge in [0, 0.05) is 0 Å². The van der Waals surface area contributed by atoms with Crippen LogP contribution in [0.1, 0.15) is 10.4 Å². The zero-order valence-corrected chi connectivity index (χ0v) is 11.3. The summed E-state index contributed by atoms with van der Waals surface area (Å²) in [6.45, 7) is 0. The molecule has 2 amide bonds. The van der Waals surface area contributed by atoms with Crippen LogP contribution in [0.25, 0.3) is 0 Å². The van der Waals surface area contributed by atoms with Crippen molar-refractivity contribution in [3.05, 3.63) is 29.8 Å². The van der Waals surface area contributed by atoms with Gasteiger partial charge in [-0.05, 0) is 24.3 Å². The number of carbonyl (C=O) groups excluding carboxylic acids is 2. The number of aromatic carboxylic acids is 1. The van der Waals surface area contributed by atoms with Crippen molar-refractivity contribution >= 4 is 29.8 Å². The third-order valence-corrected chi connectivity index (χ3v) is 2.34. The van der Waals surface area contributed by atoms with Crippen LogP contribution in [-0.4, -0.2) is 43.4 Å². The maximum atomic E-state index is 11.7. The van der Waals surface area contributed by atoms with Gasteiger partial charge in [0.1, 0.15) is 0 Å². The van der Waals surface area contributed by atoms with E-state index in [1.165, 1.54) is 24.3 Å². The van der Waals surface area contributed by atoms with Crippen LogP contribution in [0.3, 0.4) is 0 Å². The average molecular weight is 295 g/mol. The number of nitrogens with zero attached hydrogens (tertiary/aromatic N) is 2. The minimum Gasteiger partial charge on any atom is -0.478 e. The van der Waals surface area contributed by atoms with Crippen LogP contribution in [0, 0.1) is 0 Å². The predicted octanol–water partition coefficient (Wildman–Crippen LogP) is 1.04. The molecule has 0 atom stereocenters. The molecule has 1 aromatic rings. The van der Waals surface area contributed by atoms with Crippen molar-refractivity contribution in [3.63, 3.8) is 0 Å². The van der Waals surface area contributed by atoms with Crippen LogP contribution in [0.5, 0.6) is 0 Å². The van der Waals surface area contributed by atoms with Crippen LogP contribution in [0.2, 0.25) is 0 Å². The molecule has 0 saturated carbocycles. The summed E-state index contributed by atoms with van der Waals surface area (Å²) in [4.78, 5) is 37.7. The van der Waals surface area contributed by atoms with Crippen molar-refractivity contribution in [1.29, 1.82) is 0 Å². The molecule has 0 fully saturated rings. The Morgan fingerprint density at radius 3 is 2.14 bits per heavy atom.